The largest absolute Gasteiger partial charge is 0.396 e. The third-order valence-corrected chi connectivity index (χ3v) is 4.47. The average molecular weight is 279 g/mol. The van der Waals surface area contributed by atoms with Crippen LogP contribution >= 0.6 is 11.3 Å². The molecular formula is C12H13N3O3S. The molecule has 0 spiro atoms. The number of fused-ring (bicyclic) bond motifs is 1. The maximum atomic E-state index is 10.7. The zero-order valence-electron chi connectivity index (χ0n) is 10.2. The van der Waals surface area contributed by atoms with Crippen molar-refractivity contribution in [3.8, 4) is 0 Å². The summed E-state index contributed by atoms with van der Waals surface area (Å²) in [6.45, 7) is 1.89. The molecule has 2 aromatic rings. The van der Waals surface area contributed by atoms with Crippen molar-refractivity contribution in [3.05, 3.63) is 28.3 Å². The molecule has 0 radical (unpaired) electrons. The molecule has 1 saturated heterocycles. The van der Waals surface area contributed by atoms with Crippen LogP contribution in [0, 0.1) is 16.0 Å². The minimum atomic E-state index is -0.392. The van der Waals surface area contributed by atoms with E-state index < -0.39 is 4.92 Å². The predicted octanol–water partition coefficient (Wildman–Crippen LogP) is 2.02. The highest BCUT2D eigenvalue weighted by atomic mass is 32.1. The smallest absolute Gasteiger partial charge is 0.270 e. The third-order valence-electron chi connectivity index (χ3n) is 3.39. The Morgan fingerprint density at radius 3 is 3.11 bits per heavy atom. The first-order chi connectivity index (χ1) is 9.17. The number of rotatable bonds is 3. The monoisotopic (exact) mass is 279 g/mol. The number of nitrogens with zero attached hydrogens (tertiary/aromatic N) is 3. The van der Waals surface area contributed by atoms with Gasteiger partial charge in [-0.25, -0.2) is 4.98 Å². The van der Waals surface area contributed by atoms with Gasteiger partial charge in [0, 0.05) is 37.7 Å². The molecule has 0 aliphatic carbocycles. The van der Waals surface area contributed by atoms with Crippen molar-refractivity contribution >= 4 is 32.4 Å². The molecule has 1 aliphatic heterocycles. The van der Waals surface area contributed by atoms with Crippen LogP contribution in [0.2, 0.25) is 0 Å². The number of aliphatic hydroxyl groups excluding tert-OH is 1. The molecule has 0 saturated carbocycles. The molecule has 1 unspecified atom stereocenters. The van der Waals surface area contributed by atoms with Crippen molar-refractivity contribution in [2.24, 2.45) is 5.92 Å². The van der Waals surface area contributed by atoms with Crippen molar-refractivity contribution < 1.29 is 10.0 Å². The van der Waals surface area contributed by atoms with Gasteiger partial charge in [0.15, 0.2) is 5.13 Å². The van der Waals surface area contributed by atoms with Crippen LogP contribution in [0.15, 0.2) is 18.2 Å². The van der Waals surface area contributed by atoms with Crippen LogP contribution < -0.4 is 4.90 Å². The van der Waals surface area contributed by atoms with Crippen LogP contribution in [-0.2, 0) is 0 Å². The maximum Gasteiger partial charge on any atom is 0.270 e. The summed E-state index contributed by atoms with van der Waals surface area (Å²) in [5.41, 5.74) is 0.885. The second kappa shape index (κ2) is 4.75. The van der Waals surface area contributed by atoms with Gasteiger partial charge in [0.2, 0.25) is 0 Å². The molecule has 19 heavy (non-hydrogen) atoms. The van der Waals surface area contributed by atoms with Crippen LogP contribution in [0.25, 0.3) is 10.2 Å². The number of benzene rings is 1. The summed E-state index contributed by atoms with van der Waals surface area (Å²) in [6, 6.07) is 4.73. The van der Waals surface area contributed by atoms with Gasteiger partial charge < -0.3 is 10.0 Å². The first-order valence-corrected chi connectivity index (χ1v) is 6.90. The lowest BCUT2D eigenvalue weighted by molar-refractivity contribution is -0.384. The number of hydrogen-bond acceptors (Lipinski definition) is 6. The topological polar surface area (TPSA) is 79.5 Å². The first-order valence-electron chi connectivity index (χ1n) is 6.08. The Bertz CT molecular complexity index is 628. The van der Waals surface area contributed by atoms with Crippen LogP contribution in [0.1, 0.15) is 6.42 Å². The zero-order valence-corrected chi connectivity index (χ0v) is 11.0. The molecule has 0 bridgehead atoms. The summed E-state index contributed by atoms with van der Waals surface area (Å²) >= 11 is 1.47. The molecular weight excluding hydrogens is 266 g/mol. The molecule has 1 fully saturated rings. The van der Waals surface area contributed by atoms with Gasteiger partial charge in [-0.05, 0) is 12.5 Å². The SMILES string of the molecule is O=[N+]([O-])c1ccc2nc(N3CCC(CO)C3)sc2c1. The fraction of sp³-hybridized carbons (Fsp3) is 0.417. The number of nitro groups is 1. The molecule has 1 N–H and O–H groups in total. The molecule has 2 heterocycles. The Balaban J connectivity index is 1.91. The van der Waals surface area contributed by atoms with Gasteiger partial charge in [-0.15, -0.1) is 0 Å². The average Bonchev–Trinajstić information content (AvgIpc) is 3.03. The summed E-state index contributed by atoms with van der Waals surface area (Å²) in [4.78, 5) is 17.0. The van der Waals surface area contributed by atoms with Crippen molar-refractivity contribution in [1.29, 1.82) is 0 Å². The Labute approximate surface area is 113 Å². The number of hydrogen-bond donors (Lipinski definition) is 1. The maximum absolute atomic E-state index is 10.7. The molecule has 6 nitrogen and oxygen atoms in total. The molecule has 3 rings (SSSR count). The summed E-state index contributed by atoms with van der Waals surface area (Å²) < 4.78 is 0.830. The van der Waals surface area contributed by atoms with Crippen LogP contribution in [0.5, 0.6) is 0 Å². The Kier molecular flexibility index (Phi) is 3.08. The van der Waals surface area contributed by atoms with E-state index in [-0.39, 0.29) is 12.3 Å². The molecule has 1 aliphatic rings. The van der Waals surface area contributed by atoms with E-state index in [1.54, 1.807) is 12.1 Å². The molecule has 1 aromatic heterocycles. The van der Waals surface area contributed by atoms with Gasteiger partial charge in [-0.3, -0.25) is 10.1 Å². The van der Waals surface area contributed by atoms with Crippen molar-refractivity contribution in [2.45, 2.75) is 6.42 Å². The minimum absolute atomic E-state index is 0.0948. The van der Waals surface area contributed by atoms with E-state index >= 15 is 0 Å². The van der Waals surface area contributed by atoms with Gasteiger partial charge in [0.05, 0.1) is 15.1 Å². The fourth-order valence-electron chi connectivity index (χ4n) is 2.31. The standard InChI is InChI=1S/C12H13N3O3S/c16-7-8-3-4-14(6-8)12-13-10-2-1-9(15(17)18)5-11(10)19-12/h1-2,5,8,16H,3-4,6-7H2. The van der Waals surface area contributed by atoms with E-state index in [0.29, 0.717) is 5.92 Å². The molecule has 1 atom stereocenters. The van der Waals surface area contributed by atoms with Gasteiger partial charge in [0.1, 0.15) is 0 Å². The number of thiazole rings is 1. The number of anilines is 1. The fourth-order valence-corrected chi connectivity index (χ4v) is 3.34. The van der Waals surface area contributed by atoms with Gasteiger partial charge >= 0.3 is 0 Å². The third kappa shape index (κ3) is 2.26. The number of non-ortho nitro benzene ring substituents is 1. The minimum Gasteiger partial charge on any atom is -0.396 e. The first kappa shape index (κ1) is 12.3. The van der Waals surface area contributed by atoms with Crippen LogP contribution in [-0.4, -0.2) is 34.7 Å². The van der Waals surface area contributed by atoms with Crippen LogP contribution in [0.4, 0.5) is 10.8 Å². The Morgan fingerprint density at radius 2 is 2.42 bits per heavy atom. The number of aliphatic hydroxyl groups is 1. The van der Waals surface area contributed by atoms with E-state index in [0.717, 1.165) is 34.9 Å². The lowest BCUT2D eigenvalue weighted by Gasteiger charge is -2.13. The van der Waals surface area contributed by atoms with Gasteiger partial charge in [-0.2, -0.15) is 0 Å². The summed E-state index contributed by atoms with van der Waals surface area (Å²) in [7, 11) is 0. The highest BCUT2D eigenvalue weighted by molar-refractivity contribution is 7.22. The second-order valence-electron chi connectivity index (χ2n) is 4.69. The Morgan fingerprint density at radius 1 is 1.58 bits per heavy atom. The van der Waals surface area contributed by atoms with Gasteiger partial charge in [0.25, 0.3) is 5.69 Å². The van der Waals surface area contributed by atoms with Crippen LogP contribution in [0.3, 0.4) is 0 Å². The van der Waals surface area contributed by atoms with Crippen molar-refractivity contribution in [3.63, 3.8) is 0 Å². The second-order valence-corrected chi connectivity index (χ2v) is 5.70. The molecule has 1 aromatic carbocycles. The van der Waals surface area contributed by atoms with E-state index in [4.69, 9.17) is 5.11 Å². The highest BCUT2D eigenvalue weighted by Crippen LogP contribution is 2.33. The van der Waals surface area contributed by atoms with E-state index in [9.17, 15) is 10.1 Å². The van der Waals surface area contributed by atoms with E-state index in [2.05, 4.69) is 9.88 Å². The summed E-state index contributed by atoms with van der Waals surface area (Å²) in [5.74, 6) is 0.307. The highest BCUT2D eigenvalue weighted by Gasteiger charge is 2.24. The molecule has 7 heteroatoms. The zero-order chi connectivity index (χ0) is 13.4. The van der Waals surface area contributed by atoms with Gasteiger partial charge in [-0.1, -0.05) is 11.3 Å². The number of nitro benzene ring substituents is 1. The molecule has 0 amide bonds. The van der Waals surface area contributed by atoms with Crippen molar-refractivity contribution in [2.75, 3.05) is 24.6 Å². The lowest BCUT2D eigenvalue weighted by atomic mass is 10.1. The summed E-state index contributed by atoms with van der Waals surface area (Å²) in [6.07, 6.45) is 0.965. The summed E-state index contributed by atoms with van der Waals surface area (Å²) in [5, 5.41) is 20.8. The Hall–Kier alpha value is -1.73. The quantitative estimate of drug-likeness (QED) is 0.687. The molecule has 100 valence electrons. The number of aromatic nitrogens is 1. The van der Waals surface area contributed by atoms with E-state index in [1.807, 2.05) is 0 Å². The van der Waals surface area contributed by atoms with E-state index in [1.165, 1.54) is 17.4 Å². The normalized spacial score (nSPS) is 19.2. The lowest BCUT2D eigenvalue weighted by Crippen LogP contribution is -2.20. The predicted molar refractivity (Wildman–Crippen MR) is 73.7 cm³/mol. The van der Waals surface area contributed by atoms with Crippen molar-refractivity contribution in [1.82, 2.24) is 4.98 Å².